The topological polar surface area (TPSA) is 62.5 Å². The number of benzene rings is 2. The molecule has 2 N–H and O–H groups in total. The summed E-state index contributed by atoms with van der Waals surface area (Å²) in [6.07, 6.45) is 0.830. The van der Waals surface area contributed by atoms with Gasteiger partial charge in [-0.15, -0.1) is 0 Å². The number of aliphatic hydroxyl groups is 1. The molecule has 0 aliphatic carbocycles. The molecule has 132 valence electrons. The molecule has 2 aromatic carbocycles. The standard InChI is InChI=1S/C21H22N4O/c1-15-11-20-23-21(18-9-5-6-10-19(18)25(20)24-15)22-13-17(14-26)12-16-7-3-2-4-8-16/h2-11,17,26H,12-14H2,1H3,(H,22,23)/t17-/m0/s1. The van der Waals surface area contributed by atoms with E-state index in [1.54, 1.807) is 0 Å². The number of aliphatic hydroxyl groups excluding tert-OH is 1. The highest BCUT2D eigenvalue weighted by atomic mass is 16.3. The van der Waals surface area contributed by atoms with Crippen LogP contribution in [0, 0.1) is 12.8 Å². The largest absolute Gasteiger partial charge is 0.396 e. The summed E-state index contributed by atoms with van der Waals surface area (Å²) in [5.74, 6) is 0.959. The number of anilines is 1. The number of hydrogen-bond acceptors (Lipinski definition) is 4. The Labute approximate surface area is 152 Å². The second kappa shape index (κ2) is 7.14. The van der Waals surface area contributed by atoms with Gasteiger partial charge in [0.2, 0.25) is 0 Å². The molecule has 0 amide bonds. The van der Waals surface area contributed by atoms with Crippen molar-refractivity contribution in [2.45, 2.75) is 13.3 Å². The number of aromatic nitrogens is 3. The quantitative estimate of drug-likeness (QED) is 0.561. The van der Waals surface area contributed by atoms with Gasteiger partial charge < -0.3 is 10.4 Å². The number of nitrogens with zero attached hydrogens (tertiary/aromatic N) is 3. The molecule has 0 unspecified atom stereocenters. The highest BCUT2D eigenvalue weighted by molar-refractivity contribution is 5.91. The average molecular weight is 346 g/mol. The Morgan fingerprint density at radius 2 is 1.85 bits per heavy atom. The highest BCUT2D eigenvalue weighted by Gasteiger charge is 2.13. The number of fused-ring (bicyclic) bond motifs is 3. The third-order valence-electron chi connectivity index (χ3n) is 4.61. The number of para-hydroxylation sites is 1. The van der Waals surface area contributed by atoms with Gasteiger partial charge in [-0.3, -0.25) is 0 Å². The van der Waals surface area contributed by atoms with Crippen LogP contribution in [0.2, 0.25) is 0 Å². The van der Waals surface area contributed by atoms with E-state index in [1.165, 1.54) is 5.56 Å². The van der Waals surface area contributed by atoms with Crippen molar-refractivity contribution < 1.29 is 5.11 Å². The molecule has 4 rings (SSSR count). The van der Waals surface area contributed by atoms with Crippen molar-refractivity contribution in [1.29, 1.82) is 0 Å². The van der Waals surface area contributed by atoms with Gasteiger partial charge in [0.1, 0.15) is 5.82 Å². The van der Waals surface area contributed by atoms with Crippen molar-refractivity contribution in [3.63, 3.8) is 0 Å². The molecule has 0 saturated heterocycles. The van der Waals surface area contributed by atoms with E-state index in [1.807, 2.05) is 53.9 Å². The van der Waals surface area contributed by atoms with E-state index < -0.39 is 0 Å². The van der Waals surface area contributed by atoms with Crippen LogP contribution < -0.4 is 5.32 Å². The second-order valence-electron chi connectivity index (χ2n) is 6.65. The summed E-state index contributed by atoms with van der Waals surface area (Å²) < 4.78 is 1.88. The minimum atomic E-state index is 0.126. The first-order valence-corrected chi connectivity index (χ1v) is 8.88. The van der Waals surface area contributed by atoms with Gasteiger partial charge in [0, 0.05) is 30.5 Å². The molecule has 0 bridgehead atoms. The molecule has 26 heavy (non-hydrogen) atoms. The average Bonchev–Trinajstić information content (AvgIpc) is 3.06. The van der Waals surface area contributed by atoms with Crippen molar-refractivity contribution in [1.82, 2.24) is 14.6 Å². The van der Waals surface area contributed by atoms with E-state index in [9.17, 15) is 5.11 Å². The molecule has 2 aromatic heterocycles. The van der Waals surface area contributed by atoms with Gasteiger partial charge in [-0.25, -0.2) is 9.50 Å². The monoisotopic (exact) mass is 346 g/mol. The third-order valence-corrected chi connectivity index (χ3v) is 4.61. The summed E-state index contributed by atoms with van der Waals surface area (Å²) in [7, 11) is 0. The molecule has 0 fully saturated rings. The van der Waals surface area contributed by atoms with E-state index in [2.05, 4.69) is 28.6 Å². The lowest BCUT2D eigenvalue weighted by molar-refractivity contribution is 0.232. The zero-order chi connectivity index (χ0) is 17.9. The normalized spacial score (nSPS) is 12.5. The first-order chi connectivity index (χ1) is 12.7. The van der Waals surface area contributed by atoms with Gasteiger partial charge in [0.05, 0.1) is 11.2 Å². The van der Waals surface area contributed by atoms with Crippen LogP contribution in [0.1, 0.15) is 11.3 Å². The number of rotatable bonds is 6. The Morgan fingerprint density at radius 1 is 1.08 bits per heavy atom. The van der Waals surface area contributed by atoms with Crippen molar-refractivity contribution in [2.75, 3.05) is 18.5 Å². The molecular formula is C21H22N4O. The van der Waals surface area contributed by atoms with Gasteiger partial charge in [-0.05, 0) is 31.0 Å². The number of aryl methyl sites for hydroxylation is 1. The summed E-state index contributed by atoms with van der Waals surface area (Å²) in [6.45, 7) is 2.76. The summed E-state index contributed by atoms with van der Waals surface area (Å²) in [5, 5.41) is 18.8. The Hall–Kier alpha value is -2.92. The maximum absolute atomic E-state index is 9.78. The smallest absolute Gasteiger partial charge is 0.158 e. The minimum Gasteiger partial charge on any atom is -0.396 e. The SMILES string of the molecule is Cc1cc2nc(NC[C@@H](CO)Cc3ccccc3)c3ccccc3n2n1. The zero-order valence-electron chi connectivity index (χ0n) is 14.8. The fourth-order valence-corrected chi connectivity index (χ4v) is 3.30. The number of hydrogen-bond donors (Lipinski definition) is 2. The second-order valence-corrected chi connectivity index (χ2v) is 6.65. The molecule has 5 nitrogen and oxygen atoms in total. The molecule has 0 saturated carbocycles. The van der Waals surface area contributed by atoms with Gasteiger partial charge in [0.25, 0.3) is 0 Å². The lowest BCUT2D eigenvalue weighted by Crippen LogP contribution is -2.21. The fraction of sp³-hybridized carbons (Fsp3) is 0.238. The maximum Gasteiger partial charge on any atom is 0.158 e. The third kappa shape index (κ3) is 3.26. The lowest BCUT2D eigenvalue weighted by Gasteiger charge is -2.17. The summed E-state index contributed by atoms with van der Waals surface area (Å²) in [5.41, 5.74) is 4.02. The molecule has 0 aliphatic rings. The summed E-state index contributed by atoms with van der Waals surface area (Å²) in [4.78, 5) is 4.75. The molecule has 5 heteroatoms. The van der Waals surface area contributed by atoms with Gasteiger partial charge in [-0.1, -0.05) is 42.5 Å². The molecule has 0 aliphatic heterocycles. The van der Waals surface area contributed by atoms with Crippen LogP contribution in [0.15, 0.2) is 60.7 Å². The molecular weight excluding hydrogens is 324 g/mol. The van der Waals surface area contributed by atoms with E-state index in [4.69, 9.17) is 4.98 Å². The Morgan fingerprint density at radius 3 is 2.65 bits per heavy atom. The zero-order valence-corrected chi connectivity index (χ0v) is 14.8. The Bertz CT molecular complexity index is 1030. The van der Waals surface area contributed by atoms with Gasteiger partial charge in [0.15, 0.2) is 5.65 Å². The van der Waals surface area contributed by atoms with Crippen molar-refractivity contribution >= 4 is 22.4 Å². The summed E-state index contributed by atoms with van der Waals surface area (Å²) in [6, 6.07) is 20.3. The van der Waals surface area contributed by atoms with Crippen molar-refractivity contribution in [3.05, 3.63) is 71.9 Å². The lowest BCUT2D eigenvalue weighted by atomic mass is 10.00. The maximum atomic E-state index is 9.78. The van der Waals surface area contributed by atoms with Crippen LogP contribution >= 0.6 is 0 Å². The predicted octanol–water partition coefficient (Wildman–Crippen LogP) is 3.45. The van der Waals surface area contributed by atoms with E-state index in [0.29, 0.717) is 6.54 Å². The van der Waals surface area contributed by atoms with E-state index in [-0.39, 0.29) is 12.5 Å². The molecule has 0 spiro atoms. The van der Waals surface area contributed by atoms with E-state index in [0.717, 1.165) is 34.5 Å². The van der Waals surface area contributed by atoms with Crippen molar-refractivity contribution in [3.8, 4) is 0 Å². The first-order valence-electron chi connectivity index (χ1n) is 8.88. The van der Waals surface area contributed by atoms with Crippen LogP contribution in [-0.4, -0.2) is 32.9 Å². The van der Waals surface area contributed by atoms with Crippen LogP contribution in [0.4, 0.5) is 5.82 Å². The highest BCUT2D eigenvalue weighted by Crippen LogP contribution is 2.23. The molecule has 0 radical (unpaired) electrons. The van der Waals surface area contributed by atoms with Crippen molar-refractivity contribution in [2.24, 2.45) is 5.92 Å². The first kappa shape index (κ1) is 16.5. The Balaban J connectivity index is 1.61. The van der Waals surface area contributed by atoms with Crippen LogP contribution in [0.25, 0.3) is 16.6 Å². The van der Waals surface area contributed by atoms with Gasteiger partial charge >= 0.3 is 0 Å². The Kier molecular flexibility index (Phi) is 4.54. The molecule has 4 aromatic rings. The van der Waals surface area contributed by atoms with Crippen LogP contribution in [0.5, 0.6) is 0 Å². The number of nitrogens with one attached hydrogen (secondary N) is 1. The predicted molar refractivity (Wildman–Crippen MR) is 104 cm³/mol. The minimum absolute atomic E-state index is 0.126. The van der Waals surface area contributed by atoms with Gasteiger partial charge in [-0.2, -0.15) is 5.10 Å². The van der Waals surface area contributed by atoms with Crippen LogP contribution in [0.3, 0.4) is 0 Å². The summed E-state index contributed by atoms with van der Waals surface area (Å²) >= 11 is 0. The molecule has 2 heterocycles. The fourth-order valence-electron chi connectivity index (χ4n) is 3.30. The molecule has 1 atom stereocenters. The van der Waals surface area contributed by atoms with Crippen LogP contribution in [-0.2, 0) is 6.42 Å². The van der Waals surface area contributed by atoms with E-state index >= 15 is 0 Å².